The van der Waals surface area contributed by atoms with E-state index in [0.717, 1.165) is 49.6 Å². The number of rotatable bonds is 10. The number of anilines is 2. The maximum atomic E-state index is 11.8. The molecule has 0 spiro atoms. The summed E-state index contributed by atoms with van der Waals surface area (Å²) in [4.78, 5) is 27.9. The Morgan fingerprint density at radius 1 is 1.14 bits per heavy atom. The van der Waals surface area contributed by atoms with Gasteiger partial charge in [0.2, 0.25) is 0 Å². The molecule has 0 aliphatic rings. The number of aryl methyl sites for hydroxylation is 2. The summed E-state index contributed by atoms with van der Waals surface area (Å²) in [5, 5.41) is 6.20. The van der Waals surface area contributed by atoms with E-state index >= 15 is 0 Å². The van der Waals surface area contributed by atoms with Crippen molar-refractivity contribution in [1.29, 1.82) is 0 Å². The summed E-state index contributed by atoms with van der Waals surface area (Å²) in [6.07, 6.45) is 1.60. The zero-order valence-corrected chi connectivity index (χ0v) is 18.5. The molecule has 1 atom stereocenters. The van der Waals surface area contributed by atoms with Crippen LogP contribution in [0.25, 0.3) is 11.2 Å². The zero-order valence-electron chi connectivity index (χ0n) is 18.5. The van der Waals surface area contributed by atoms with Crippen molar-refractivity contribution in [2.75, 3.05) is 36.9 Å². The van der Waals surface area contributed by atoms with Crippen LogP contribution in [0.15, 0.2) is 6.07 Å². The Labute approximate surface area is 173 Å². The molecule has 0 aliphatic heterocycles. The number of pyridine rings is 1. The minimum absolute atomic E-state index is 0.245. The van der Waals surface area contributed by atoms with Crippen molar-refractivity contribution < 1.29 is 9.53 Å². The number of hydrogen-bond acceptors (Lipinski definition) is 7. The molecule has 0 saturated heterocycles. The van der Waals surface area contributed by atoms with Crippen molar-refractivity contribution in [2.24, 2.45) is 0 Å². The molecular formula is C21H34N6O2. The molecule has 8 nitrogen and oxygen atoms in total. The number of carbonyl (C=O) groups is 1. The largest absolute Gasteiger partial charge is 0.450 e. The first-order chi connectivity index (χ1) is 13.9. The number of nitrogens with one attached hydrogen (secondary N) is 2. The lowest BCUT2D eigenvalue weighted by Crippen LogP contribution is -2.25. The van der Waals surface area contributed by atoms with Gasteiger partial charge in [-0.15, -0.1) is 0 Å². The third-order valence-corrected chi connectivity index (χ3v) is 4.96. The summed E-state index contributed by atoms with van der Waals surface area (Å²) >= 11 is 0. The molecule has 160 valence electrons. The van der Waals surface area contributed by atoms with Crippen LogP contribution in [0.3, 0.4) is 0 Å². The first kappa shape index (κ1) is 22.8. The van der Waals surface area contributed by atoms with Crippen LogP contribution in [0.4, 0.5) is 16.3 Å². The number of amides is 1. The lowest BCUT2D eigenvalue weighted by molar-refractivity contribution is 0.168. The average Bonchev–Trinajstić information content (AvgIpc) is 2.67. The number of fused-ring (bicyclic) bond motifs is 1. The maximum Gasteiger partial charge on any atom is 0.412 e. The minimum Gasteiger partial charge on any atom is -0.450 e. The molecule has 2 heterocycles. The van der Waals surface area contributed by atoms with Crippen LogP contribution in [0.2, 0.25) is 0 Å². The minimum atomic E-state index is -0.533. The van der Waals surface area contributed by atoms with Gasteiger partial charge in [0.1, 0.15) is 11.3 Å². The fourth-order valence-electron chi connectivity index (χ4n) is 3.15. The van der Waals surface area contributed by atoms with Crippen LogP contribution >= 0.6 is 0 Å². The molecule has 2 N–H and O–H groups in total. The summed E-state index contributed by atoms with van der Waals surface area (Å²) in [7, 11) is 0. The summed E-state index contributed by atoms with van der Waals surface area (Å²) in [6, 6.07) is 2.04. The molecule has 0 saturated carbocycles. The van der Waals surface area contributed by atoms with Crippen LogP contribution in [0.1, 0.15) is 51.9 Å². The number of hydrogen-bond donors (Lipinski definition) is 2. The molecule has 1 amide bonds. The molecule has 0 radical (unpaired) electrons. The average molecular weight is 403 g/mol. The maximum absolute atomic E-state index is 11.8. The van der Waals surface area contributed by atoms with Crippen molar-refractivity contribution in [1.82, 2.24) is 19.9 Å². The topological polar surface area (TPSA) is 92.3 Å². The second-order valence-electron chi connectivity index (χ2n) is 7.18. The number of nitrogens with zero attached hydrogens (tertiary/aromatic N) is 4. The Balaban J connectivity index is 2.22. The number of carbonyl (C=O) groups excluding carboxylic acids is 1. The Morgan fingerprint density at radius 3 is 2.48 bits per heavy atom. The summed E-state index contributed by atoms with van der Waals surface area (Å²) in [5.74, 6) is 0.395. The molecular weight excluding hydrogens is 368 g/mol. The van der Waals surface area contributed by atoms with E-state index in [2.05, 4.69) is 51.3 Å². The van der Waals surface area contributed by atoms with E-state index in [0.29, 0.717) is 23.6 Å². The van der Waals surface area contributed by atoms with Crippen molar-refractivity contribution in [3.8, 4) is 0 Å². The molecule has 0 aromatic carbocycles. The monoisotopic (exact) mass is 402 g/mol. The Hall–Kier alpha value is -2.48. The highest BCUT2D eigenvalue weighted by Gasteiger charge is 2.14. The number of aromatic nitrogens is 3. The van der Waals surface area contributed by atoms with Crippen LogP contribution < -0.4 is 10.6 Å². The van der Waals surface area contributed by atoms with Gasteiger partial charge in [0.25, 0.3) is 0 Å². The first-order valence-electron chi connectivity index (χ1n) is 10.5. The normalized spacial score (nSPS) is 12.2. The van der Waals surface area contributed by atoms with Gasteiger partial charge < -0.3 is 15.0 Å². The molecule has 1 unspecified atom stereocenters. The molecule has 0 bridgehead atoms. The highest BCUT2D eigenvalue weighted by molar-refractivity contribution is 5.91. The third kappa shape index (κ3) is 6.52. The molecule has 0 fully saturated rings. The second-order valence-corrected chi connectivity index (χ2v) is 7.18. The molecule has 2 aromatic heterocycles. The Bertz CT molecular complexity index is 822. The van der Waals surface area contributed by atoms with Crippen molar-refractivity contribution in [2.45, 2.75) is 60.4 Å². The molecule has 0 aliphatic carbocycles. The van der Waals surface area contributed by atoms with Crippen LogP contribution in [0.5, 0.6) is 0 Å². The van der Waals surface area contributed by atoms with Gasteiger partial charge in [-0.2, -0.15) is 0 Å². The van der Waals surface area contributed by atoms with Crippen molar-refractivity contribution >= 4 is 28.8 Å². The highest BCUT2D eigenvalue weighted by atomic mass is 16.5. The van der Waals surface area contributed by atoms with E-state index in [1.165, 1.54) is 0 Å². The molecule has 2 aromatic rings. The quantitative estimate of drug-likeness (QED) is 0.617. The van der Waals surface area contributed by atoms with E-state index in [1.807, 2.05) is 13.8 Å². The summed E-state index contributed by atoms with van der Waals surface area (Å²) in [6.45, 7) is 15.7. The van der Waals surface area contributed by atoms with Gasteiger partial charge in [-0.1, -0.05) is 13.8 Å². The molecule has 2 rings (SSSR count). The first-order valence-corrected chi connectivity index (χ1v) is 10.5. The zero-order chi connectivity index (χ0) is 21.4. The van der Waals surface area contributed by atoms with Gasteiger partial charge in [0, 0.05) is 12.1 Å². The lowest BCUT2D eigenvalue weighted by Gasteiger charge is -2.21. The van der Waals surface area contributed by atoms with Crippen LogP contribution in [-0.2, 0) is 4.74 Å². The molecule has 29 heavy (non-hydrogen) atoms. The van der Waals surface area contributed by atoms with Crippen LogP contribution in [0, 0.1) is 13.8 Å². The van der Waals surface area contributed by atoms with E-state index in [4.69, 9.17) is 4.74 Å². The Kier molecular flexibility index (Phi) is 8.57. The second kappa shape index (κ2) is 10.9. The van der Waals surface area contributed by atoms with Gasteiger partial charge in [-0.3, -0.25) is 5.32 Å². The van der Waals surface area contributed by atoms with Crippen LogP contribution in [-0.4, -0.2) is 58.2 Å². The fourth-order valence-corrected chi connectivity index (χ4v) is 3.15. The van der Waals surface area contributed by atoms with Crippen molar-refractivity contribution in [3.63, 3.8) is 0 Å². The fraction of sp³-hybridized carbons (Fsp3) is 0.619. The number of ether oxygens (including phenoxy) is 1. The van der Waals surface area contributed by atoms with E-state index in [-0.39, 0.29) is 6.04 Å². The summed E-state index contributed by atoms with van der Waals surface area (Å²) in [5.41, 5.74) is 3.70. The van der Waals surface area contributed by atoms with Gasteiger partial charge in [-0.25, -0.2) is 19.7 Å². The van der Waals surface area contributed by atoms with Gasteiger partial charge in [-0.05, 0) is 60.2 Å². The van der Waals surface area contributed by atoms with Gasteiger partial charge in [0.05, 0.1) is 23.7 Å². The van der Waals surface area contributed by atoms with Gasteiger partial charge in [0.15, 0.2) is 5.65 Å². The predicted molar refractivity (Wildman–Crippen MR) is 118 cm³/mol. The highest BCUT2D eigenvalue weighted by Crippen LogP contribution is 2.25. The lowest BCUT2D eigenvalue weighted by atomic mass is 10.1. The predicted octanol–water partition coefficient (Wildman–Crippen LogP) is 4.13. The smallest absolute Gasteiger partial charge is 0.412 e. The Morgan fingerprint density at radius 2 is 1.83 bits per heavy atom. The van der Waals surface area contributed by atoms with E-state index < -0.39 is 6.09 Å². The third-order valence-electron chi connectivity index (χ3n) is 4.96. The van der Waals surface area contributed by atoms with E-state index in [9.17, 15) is 4.79 Å². The standard InChI is InChI=1S/C21H34N6O2/c1-7-27(8-2)12-10-11-14(4)22-17-13-18(26-21(28)29-9-3)25-20-19(17)23-15(5)16(6)24-20/h13-14H,7-12H2,1-6H3,(H2,22,24,25,26,28). The van der Waals surface area contributed by atoms with E-state index in [1.54, 1.807) is 13.0 Å². The SMILES string of the molecule is CCOC(=O)Nc1cc(NC(C)CCCN(CC)CC)c2nc(C)c(C)nc2n1. The van der Waals surface area contributed by atoms with Gasteiger partial charge >= 0.3 is 6.09 Å². The summed E-state index contributed by atoms with van der Waals surface area (Å²) < 4.78 is 4.97. The van der Waals surface area contributed by atoms with Crippen molar-refractivity contribution in [3.05, 3.63) is 17.5 Å². The molecule has 8 heteroatoms.